The number of nitrogens with zero attached hydrogens (tertiary/aromatic N) is 2. The Hall–Kier alpha value is -2.70. The van der Waals surface area contributed by atoms with Crippen molar-refractivity contribution in [2.75, 3.05) is 45.3 Å². The smallest absolute Gasteiger partial charge is 0.161 e. The molecule has 0 radical (unpaired) electrons. The third-order valence-electron chi connectivity index (χ3n) is 7.87. The predicted molar refractivity (Wildman–Crippen MR) is 148 cm³/mol. The second kappa shape index (κ2) is 10.3. The predicted octanol–water partition coefficient (Wildman–Crippen LogP) is 6.05. The molecule has 0 aliphatic carbocycles. The van der Waals surface area contributed by atoms with Crippen LogP contribution in [0.4, 0.5) is 5.69 Å². The molecule has 0 spiro atoms. The average Bonchev–Trinajstić information content (AvgIpc) is 3.27. The van der Waals surface area contributed by atoms with Gasteiger partial charge in [0, 0.05) is 54.4 Å². The first-order valence-corrected chi connectivity index (χ1v) is 13.4. The van der Waals surface area contributed by atoms with Crippen LogP contribution in [0.2, 0.25) is 0 Å². The molecule has 3 aromatic rings. The van der Waals surface area contributed by atoms with E-state index in [1.165, 1.54) is 35.0 Å². The van der Waals surface area contributed by atoms with E-state index in [4.69, 9.17) is 14.2 Å². The standard InChI is InChI=1S/C30H41N3O3/c1-19(2)29-25-16-24(32-13-11-23(12-14-32)33-17-20(3)36-21(4)18-33)8-9-26(25)31-30(29)22-7-10-27(34-5)28(15-22)35-6/h7-10,15-16,19-21,23,31H,11-14,17-18H2,1-6H3. The summed E-state index contributed by atoms with van der Waals surface area (Å²) in [5.74, 6) is 1.87. The monoisotopic (exact) mass is 491 g/mol. The van der Waals surface area contributed by atoms with Gasteiger partial charge in [-0.05, 0) is 74.6 Å². The maximum absolute atomic E-state index is 5.96. The van der Waals surface area contributed by atoms with E-state index >= 15 is 0 Å². The van der Waals surface area contributed by atoms with Gasteiger partial charge in [0.25, 0.3) is 0 Å². The Balaban J connectivity index is 1.40. The molecule has 6 nitrogen and oxygen atoms in total. The molecule has 0 bridgehead atoms. The van der Waals surface area contributed by atoms with Crippen molar-refractivity contribution in [1.82, 2.24) is 9.88 Å². The molecule has 2 fully saturated rings. The van der Waals surface area contributed by atoms with Crippen molar-refractivity contribution in [3.05, 3.63) is 42.0 Å². The molecule has 194 valence electrons. The molecule has 3 heterocycles. The van der Waals surface area contributed by atoms with E-state index in [0.717, 1.165) is 48.9 Å². The molecule has 2 saturated heterocycles. The number of aromatic amines is 1. The molecule has 2 atom stereocenters. The number of rotatable bonds is 6. The zero-order valence-electron chi connectivity index (χ0n) is 22.6. The molecule has 2 aliphatic heterocycles. The van der Waals surface area contributed by atoms with Crippen LogP contribution in [0, 0.1) is 0 Å². The zero-order valence-corrected chi connectivity index (χ0v) is 22.6. The number of anilines is 1. The maximum atomic E-state index is 5.96. The van der Waals surface area contributed by atoms with Gasteiger partial charge in [-0.25, -0.2) is 0 Å². The minimum absolute atomic E-state index is 0.331. The first-order chi connectivity index (χ1) is 17.4. The zero-order chi connectivity index (χ0) is 25.4. The van der Waals surface area contributed by atoms with Crippen LogP contribution in [0.25, 0.3) is 22.2 Å². The topological polar surface area (TPSA) is 50.0 Å². The molecule has 6 heteroatoms. The van der Waals surface area contributed by atoms with E-state index < -0.39 is 0 Å². The fraction of sp³-hybridized carbons (Fsp3) is 0.533. The van der Waals surface area contributed by atoms with E-state index in [9.17, 15) is 0 Å². The fourth-order valence-electron chi connectivity index (χ4n) is 6.22. The molecule has 5 rings (SSSR count). The van der Waals surface area contributed by atoms with Crippen LogP contribution < -0.4 is 14.4 Å². The SMILES string of the molecule is COc1ccc(-c2[nH]c3ccc(N4CCC(N5CC(C)OC(C)C5)CC4)cc3c2C(C)C)cc1OC. The summed E-state index contributed by atoms with van der Waals surface area (Å²) in [5.41, 5.74) is 6.13. The van der Waals surface area contributed by atoms with Gasteiger partial charge in [0.2, 0.25) is 0 Å². The van der Waals surface area contributed by atoms with Gasteiger partial charge in [0.1, 0.15) is 0 Å². The minimum atomic E-state index is 0.331. The number of morpholine rings is 1. The molecule has 2 aliphatic rings. The van der Waals surface area contributed by atoms with E-state index in [2.05, 4.69) is 72.8 Å². The van der Waals surface area contributed by atoms with Crippen LogP contribution in [-0.2, 0) is 4.74 Å². The molecule has 1 N–H and O–H groups in total. The van der Waals surface area contributed by atoms with Crippen LogP contribution in [-0.4, -0.2) is 68.5 Å². The lowest BCUT2D eigenvalue weighted by atomic mass is 9.95. The third kappa shape index (κ3) is 4.81. The number of hydrogen-bond donors (Lipinski definition) is 1. The lowest BCUT2D eigenvalue weighted by molar-refractivity contribution is -0.0826. The van der Waals surface area contributed by atoms with Crippen molar-refractivity contribution >= 4 is 16.6 Å². The number of piperidine rings is 1. The molecule has 2 aromatic carbocycles. The number of aromatic nitrogens is 1. The first-order valence-electron chi connectivity index (χ1n) is 13.4. The van der Waals surface area contributed by atoms with Gasteiger partial charge in [-0.2, -0.15) is 0 Å². The van der Waals surface area contributed by atoms with Crippen molar-refractivity contribution in [3.63, 3.8) is 0 Å². The molecule has 0 saturated carbocycles. The quantitative estimate of drug-likeness (QED) is 0.455. The molecular formula is C30H41N3O3. The summed E-state index contributed by atoms with van der Waals surface area (Å²) >= 11 is 0. The van der Waals surface area contributed by atoms with Gasteiger partial charge in [-0.3, -0.25) is 4.90 Å². The second-order valence-corrected chi connectivity index (χ2v) is 10.8. The van der Waals surface area contributed by atoms with Gasteiger partial charge in [-0.1, -0.05) is 13.8 Å². The van der Waals surface area contributed by atoms with Crippen LogP contribution >= 0.6 is 0 Å². The molecule has 2 unspecified atom stereocenters. The highest BCUT2D eigenvalue weighted by atomic mass is 16.5. The molecule has 36 heavy (non-hydrogen) atoms. The summed E-state index contributed by atoms with van der Waals surface area (Å²) < 4.78 is 17.0. The third-order valence-corrected chi connectivity index (χ3v) is 7.87. The Labute approximate surface area is 215 Å². The molecule has 1 aromatic heterocycles. The van der Waals surface area contributed by atoms with Crippen LogP contribution in [0.5, 0.6) is 11.5 Å². The lowest BCUT2D eigenvalue weighted by Gasteiger charge is -2.44. The summed E-state index contributed by atoms with van der Waals surface area (Å²) in [6.45, 7) is 13.3. The normalized spacial score (nSPS) is 21.9. The second-order valence-electron chi connectivity index (χ2n) is 10.8. The molecule has 0 amide bonds. The Bertz CT molecular complexity index is 1190. The lowest BCUT2D eigenvalue weighted by Crippen LogP contribution is -2.53. The van der Waals surface area contributed by atoms with Gasteiger partial charge in [0.05, 0.1) is 32.1 Å². The number of ether oxygens (including phenoxy) is 3. The van der Waals surface area contributed by atoms with E-state index in [1.54, 1.807) is 14.2 Å². The van der Waals surface area contributed by atoms with Crippen molar-refractivity contribution in [3.8, 4) is 22.8 Å². The van der Waals surface area contributed by atoms with Crippen LogP contribution in [0.15, 0.2) is 36.4 Å². The van der Waals surface area contributed by atoms with Gasteiger partial charge in [-0.15, -0.1) is 0 Å². The van der Waals surface area contributed by atoms with Gasteiger partial charge < -0.3 is 24.1 Å². The summed E-state index contributed by atoms with van der Waals surface area (Å²) in [6, 6.07) is 13.7. The number of fused-ring (bicyclic) bond motifs is 1. The van der Waals surface area contributed by atoms with E-state index in [1.807, 2.05) is 6.07 Å². The summed E-state index contributed by atoms with van der Waals surface area (Å²) in [4.78, 5) is 8.94. The van der Waals surface area contributed by atoms with Crippen molar-refractivity contribution < 1.29 is 14.2 Å². The summed E-state index contributed by atoms with van der Waals surface area (Å²) in [5, 5.41) is 1.31. The van der Waals surface area contributed by atoms with Crippen molar-refractivity contribution in [1.29, 1.82) is 0 Å². The van der Waals surface area contributed by atoms with E-state index in [0.29, 0.717) is 24.2 Å². The van der Waals surface area contributed by atoms with Gasteiger partial charge in [0.15, 0.2) is 11.5 Å². The maximum Gasteiger partial charge on any atom is 0.161 e. The Morgan fingerprint density at radius 1 is 0.917 bits per heavy atom. The highest BCUT2D eigenvalue weighted by Gasteiger charge is 2.30. The number of H-pyrrole nitrogens is 1. The van der Waals surface area contributed by atoms with Crippen LogP contribution in [0.3, 0.4) is 0 Å². The molecular weight excluding hydrogens is 450 g/mol. The number of methoxy groups -OCH3 is 2. The summed E-state index contributed by atoms with van der Waals surface area (Å²) in [6.07, 6.45) is 3.08. The Morgan fingerprint density at radius 2 is 1.61 bits per heavy atom. The number of hydrogen-bond acceptors (Lipinski definition) is 5. The van der Waals surface area contributed by atoms with E-state index in [-0.39, 0.29) is 0 Å². The van der Waals surface area contributed by atoms with Crippen LogP contribution in [0.1, 0.15) is 52.0 Å². The minimum Gasteiger partial charge on any atom is -0.493 e. The Morgan fingerprint density at radius 3 is 2.25 bits per heavy atom. The van der Waals surface area contributed by atoms with Crippen molar-refractivity contribution in [2.24, 2.45) is 0 Å². The largest absolute Gasteiger partial charge is 0.493 e. The Kier molecular flexibility index (Phi) is 7.18. The average molecular weight is 492 g/mol. The summed E-state index contributed by atoms with van der Waals surface area (Å²) in [7, 11) is 3.36. The fourth-order valence-corrected chi connectivity index (χ4v) is 6.22. The van der Waals surface area contributed by atoms with Crippen molar-refractivity contribution in [2.45, 2.75) is 64.7 Å². The highest BCUT2D eigenvalue weighted by molar-refractivity contribution is 5.93. The number of nitrogens with one attached hydrogen (secondary N) is 1. The van der Waals surface area contributed by atoms with Gasteiger partial charge >= 0.3 is 0 Å². The highest BCUT2D eigenvalue weighted by Crippen LogP contribution is 2.40. The number of benzene rings is 2. The first kappa shape index (κ1) is 25.0.